The van der Waals surface area contributed by atoms with E-state index in [0.717, 1.165) is 24.3 Å². The van der Waals surface area contributed by atoms with Crippen LogP contribution in [0, 0.1) is 0 Å². The second kappa shape index (κ2) is 4.83. The van der Waals surface area contributed by atoms with E-state index >= 15 is 0 Å². The van der Waals surface area contributed by atoms with Gasteiger partial charge in [-0.3, -0.25) is 0 Å². The van der Waals surface area contributed by atoms with Crippen molar-refractivity contribution in [2.75, 3.05) is 6.61 Å². The first kappa shape index (κ1) is 12.3. The highest BCUT2D eigenvalue weighted by Crippen LogP contribution is 2.29. The van der Waals surface area contributed by atoms with Crippen LogP contribution in [0.4, 0.5) is 13.2 Å². The van der Waals surface area contributed by atoms with Crippen molar-refractivity contribution in [1.29, 1.82) is 0 Å². The topological polar surface area (TPSA) is 26.3 Å². The Morgan fingerprint density at radius 1 is 1.31 bits per heavy atom. The second-order valence-electron chi connectivity index (χ2n) is 2.96. The first-order chi connectivity index (χ1) is 7.45. The van der Waals surface area contributed by atoms with Crippen molar-refractivity contribution < 1.29 is 22.7 Å². The van der Waals surface area contributed by atoms with E-state index in [4.69, 9.17) is 0 Å². The lowest BCUT2D eigenvalue weighted by atomic mass is 10.1. The van der Waals surface area contributed by atoms with Crippen molar-refractivity contribution in [3.8, 4) is 0 Å². The first-order valence-corrected chi connectivity index (χ1v) is 4.40. The van der Waals surface area contributed by atoms with Crippen LogP contribution in [0.25, 0.3) is 0 Å². The van der Waals surface area contributed by atoms with E-state index in [1.165, 1.54) is 6.08 Å². The van der Waals surface area contributed by atoms with E-state index in [1.807, 2.05) is 0 Å². The summed E-state index contributed by atoms with van der Waals surface area (Å²) in [6.07, 6.45) is -3.02. The number of ether oxygens (including phenoxy) is 1. The molecule has 1 aromatic rings. The molecule has 0 atom stereocenters. The summed E-state index contributed by atoms with van der Waals surface area (Å²) < 4.78 is 41.2. The van der Waals surface area contributed by atoms with Gasteiger partial charge in [0.25, 0.3) is 0 Å². The fourth-order valence-corrected chi connectivity index (χ4v) is 1.01. The summed E-state index contributed by atoms with van der Waals surface area (Å²) in [6.45, 7) is 3.37. The average Bonchev–Trinajstić information content (AvgIpc) is 2.25. The number of halogens is 3. The van der Waals surface area contributed by atoms with Crippen LogP contribution in [0.5, 0.6) is 0 Å². The Labute approximate surface area is 90.3 Å². The first-order valence-electron chi connectivity index (χ1n) is 4.40. The molecule has 0 heterocycles. The third-order valence-corrected chi connectivity index (χ3v) is 1.78. The van der Waals surface area contributed by atoms with Crippen molar-refractivity contribution in [3.05, 3.63) is 48.0 Å². The van der Waals surface area contributed by atoms with Crippen molar-refractivity contribution >= 4 is 5.97 Å². The van der Waals surface area contributed by atoms with Crippen molar-refractivity contribution in [3.63, 3.8) is 0 Å². The van der Waals surface area contributed by atoms with Gasteiger partial charge in [-0.1, -0.05) is 12.7 Å². The lowest BCUT2D eigenvalue weighted by Gasteiger charge is -2.07. The molecule has 2 nitrogen and oxygen atoms in total. The zero-order valence-corrected chi connectivity index (χ0v) is 8.25. The second-order valence-corrected chi connectivity index (χ2v) is 2.96. The van der Waals surface area contributed by atoms with Crippen LogP contribution in [0.2, 0.25) is 0 Å². The summed E-state index contributed by atoms with van der Waals surface area (Å²) in [7, 11) is 0. The molecule has 0 fully saturated rings. The number of hydrogen-bond acceptors (Lipinski definition) is 2. The Balaban J connectivity index is 2.79. The van der Waals surface area contributed by atoms with E-state index in [0.29, 0.717) is 0 Å². The molecule has 0 radical (unpaired) electrons. The van der Waals surface area contributed by atoms with Gasteiger partial charge >= 0.3 is 12.1 Å². The minimum Gasteiger partial charge on any atom is -0.458 e. The van der Waals surface area contributed by atoms with Gasteiger partial charge in [-0.15, -0.1) is 0 Å². The minimum absolute atomic E-state index is 0.0276. The van der Waals surface area contributed by atoms with Gasteiger partial charge in [-0.05, 0) is 24.3 Å². The standard InChI is InChI=1S/C11H9F3O2/c1-2-7-16-10(15)8-3-5-9(6-4-8)11(12,13)14/h2-6H,1,7H2. The number of hydrogen-bond donors (Lipinski definition) is 0. The third kappa shape index (κ3) is 3.12. The van der Waals surface area contributed by atoms with Gasteiger partial charge < -0.3 is 4.74 Å². The molecule has 0 aliphatic carbocycles. The molecule has 0 aliphatic heterocycles. The summed E-state index contributed by atoms with van der Waals surface area (Å²) in [5.41, 5.74) is -0.720. The summed E-state index contributed by atoms with van der Waals surface area (Å²) >= 11 is 0. The highest BCUT2D eigenvalue weighted by Gasteiger charge is 2.30. The van der Waals surface area contributed by atoms with Gasteiger partial charge in [0.1, 0.15) is 6.61 Å². The molecule has 0 saturated carbocycles. The molecule has 0 aromatic heterocycles. The molecule has 0 N–H and O–H groups in total. The Kier molecular flexibility index (Phi) is 3.71. The monoisotopic (exact) mass is 230 g/mol. The molecule has 16 heavy (non-hydrogen) atoms. The molecule has 1 aromatic carbocycles. The smallest absolute Gasteiger partial charge is 0.416 e. The molecule has 0 spiro atoms. The Bertz CT molecular complexity index is 379. The molecule has 0 unspecified atom stereocenters. The quantitative estimate of drug-likeness (QED) is 0.589. The van der Waals surface area contributed by atoms with Crippen LogP contribution >= 0.6 is 0 Å². The Morgan fingerprint density at radius 2 is 1.88 bits per heavy atom. The van der Waals surface area contributed by atoms with Crippen LogP contribution in [-0.4, -0.2) is 12.6 Å². The van der Waals surface area contributed by atoms with Crippen LogP contribution in [0.1, 0.15) is 15.9 Å². The van der Waals surface area contributed by atoms with Crippen LogP contribution in [0.3, 0.4) is 0 Å². The maximum Gasteiger partial charge on any atom is 0.416 e. The highest BCUT2D eigenvalue weighted by atomic mass is 19.4. The molecule has 86 valence electrons. The third-order valence-electron chi connectivity index (χ3n) is 1.78. The van der Waals surface area contributed by atoms with Crippen molar-refractivity contribution in [2.45, 2.75) is 6.18 Å². The van der Waals surface area contributed by atoms with E-state index in [1.54, 1.807) is 0 Å². The lowest BCUT2D eigenvalue weighted by Crippen LogP contribution is -2.08. The normalized spacial score (nSPS) is 10.9. The predicted octanol–water partition coefficient (Wildman–Crippen LogP) is 3.05. The molecule has 0 bridgehead atoms. The number of rotatable bonds is 3. The molecule has 0 aliphatic rings. The predicted molar refractivity (Wildman–Crippen MR) is 51.9 cm³/mol. The Morgan fingerprint density at radius 3 is 2.31 bits per heavy atom. The molecular formula is C11H9F3O2. The summed E-state index contributed by atoms with van der Waals surface area (Å²) in [4.78, 5) is 11.2. The van der Waals surface area contributed by atoms with Gasteiger partial charge in [0.2, 0.25) is 0 Å². The molecule has 1 rings (SSSR count). The Hall–Kier alpha value is -1.78. The number of carbonyl (C=O) groups excluding carboxylic acids is 1. The van der Waals surface area contributed by atoms with Crippen LogP contribution in [0.15, 0.2) is 36.9 Å². The lowest BCUT2D eigenvalue weighted by molar-refractivity contribution is -0.137. The van der Waals surface area contributed by atoms with Gasteiger partial charge in [0.15, 0.2) is 0 Å². The maximum absolute atomic E-state index is 12.2. The maximum atomic E-state index is 12.2. The number of benzene rings is 1. The van der Waals surface area contributed by atoms with Gasteiger partial charge in [-0.25, -0.2) is 4.79 Å². The van der Waals surface area contributed by atoms with Crippen LogP contribution in [-0.2, 0) is 10.9 Å². The molecule has 0 saturated heterocycles. The minimum atomic E-state index is -4.40. The summed E-state index contributed by atoms with van der Waals surface area (Å²) in [5, 5.41) is 0. The largest absolute Gasteiger partial charge is 0.458 e. The van der Waals surface area contributed by atoms with Crippen molar-refractivity contribution in [2.24, 2.45) is 0 Å². The SMILES string of the molecule is C=CCOC(=O)c1ccc(C(F)(F)F)cc1. The highest BCUT2D eigenvalue weighted by molar-refractivity contribution is 5.89. The van der Waals surface area contributed by atoms with E-state index in [-0.39, 0.29) is 12.2 Å². The number of esters is 1. The van der Waals surface area contributed by atoms with Gasteiger partial charge in [0, 0.05) is 0 Å². The van der Waals surface area contributed by atoms with Crippen LogP contribution < -0.4 is 0 Å². The molecule has 0 amide bonds. The summed E-state index contributed by atoms with van der Waals surface area (Å²) in [6, 6.07) is 3.83. The van der Waals surface area contributed by atoms with E-state index < -0.39 is 17.7 Å². The van der Waals surface area contributed by atoms with E-state index in [2.05, 4.69) is 11.3 Å². The average molecular weight is 230 g/mol. The fourth-order valence-electron chi connectivity index (χ4n) is 1.01. The zero-order chi connectivity index (χ0) is 12.2. The number of alkyl halides is 3. The van der Waals surface area contributed by atoms with Gasteiger partial charge in [-0.2, -0.15) is 13.2 Å². The van der Waals surface area contributed by atoms with Crippen molar-refractivity contribution in [1.82, 2.24) is 0 Å². The number of carbonyl (C=O) groups is 1. The molecular weight excluding hydrogens is 221 g/mol. The molecule has 5 heteroatoms. The van der Waals surface area contributed by atoms with E-state index in [9.17, 15) is 18.0 Å². The summed E-state index contributed by atoms with van der Waals surface area (Å²) in [5.74, 6) is -0.673. The van der Waals surface area contributed by atoms with Gasteiger partial charge in [0.05, 0.1) is 11.1 Å². The zero-order valence-electron chi connectivity index (χ0n) is 8.25. The fraction of sp³-hybridized carbons (Fsp3) is 0.182.